The molecule has 0 radical (unpaired) electrons. The van der Waals surface area contributed by atoms with E-state index in [0.29, 0.717) is 5.69 Å². The van der Waals surface area contributed by atoms with Crippen LogP contribution in [0.1, 0.15) is 28.9 Å². The molecule has 0 atom stereocenters. The minimum Gasteiger partial charge on any atom is -0.364 e. The molecular weight excluding hydrogens is 190 g/mol. The summed E-state index contributed by atoms with van der Waals surface area (Å²) in [4.78, 5) is 15.5. The lowest BCUT2D eigenvalue weighted by atomic mass is 10.3. The summed E-state index contributed by atoms with van der Waals surface area (Å²) in [5, 5.41) is 0. The average molecular weight is 203 g/mol. The molecule has 2 rings (SSSR count). The molecule has 0 spiro atoms. The molecule has 0 aliphatic rings. The van der Waals surface area contributed by atoms with Crippen LogP contribution < -0.4 is 5.73 Å². The lowest BCUT2D eigenvalue weighted by Gasteiger charge is -2.02. The van der Waals surface area contributed by atoms with E-state index in [9.17, 15) is 4.79 Å². The zero-order chi connectivity index (χ0) is 11.0. The number of fused-ring (bicyclic) bond motifs is 1. The van der Waals surface area contributed by atoms with Crippen molar-refractivity contribution in [1.29, 1.82) is 0 Å². The lowest BCUT2D eigenvalue weighted by Crippen LogP contribution is -2.11. The number of rotatable bonds is 2. The Morgan fingerprint density at radius 2 is 2.27 bits per heavy atom. The molecule has 1 amide bonds. The zero-order valence-electron chi connectivity index (χ0n) is 8.82. The fourth-order valence-electron chi connectivity index (χ4n) is 1.80. The van der Waals surface area contributed by atoms with Gasteiger partial charge in [-0.15, -0.1) is 0 Å². The van der Waals surface area contributed by atoms with Crippen LogP contribution in [0.2, 0.25) is 0 Å². The SMILES string of the molecule is CCc1nc(C(N)=O)c2cccc(C)n12. The predicted molar refractivity (Wildman–Crippen MR) is 57.8 cm³/mol. The van der Waals surface area contributed by atoms with Gasteiger partial charge in [0.2, 0.25) is 0 Å². The molecular formula is C11H13N3O. The molecule has 0 unspecified atom stereocenters. The van der Waals surface area contributed by atoms with Crippen molar-refractivity contribution in [1.82, 2.24) is 9.38 Å². The number of imidazole rings is 1. The van der Waals surface area contributed by atoms with Crippen LogP contribution in [-0.4, -0.2) is 15.3 Å². The topological polar surface area (TPSA) is 60.4 Å². The quantitative estimate of drug-likeness (QED) is 0.799. The van der Waals surface area contributed by atoms with Crippen molar-refractivity contribution in [2.24, 2.45) is 5.73 Å². The molecule has 15 heavy (non-hydrogen) atoms. The second-order valence-electron chi connectivity index (χ2n) is 3.48. The number of hydrogen-bond acceptors (Lipinski definition) is 2. The van der Waals surface area contributed by atoms with Crippen LogP contribution in [0.4, 0.5) is 0 Å². The Hall–Kier alpha value is -1.84. The first-order valence-corrected chi connectivity index (χ1v) is 4.92. The number of carbonyl (C=O) groups is 1. The highest BCUT2D eigenvalue weighted by Gasteiger charge is 2.14. The van der Waals surface area contributed by atoms with Crippen LogP contribution in [0, 0.1) is 6.92 Å². The molecule has 0 bridgehead atoms. The first-order chi connectivity index (χ1) is 7.15. The Balaban J connectivity index is 2.87. The van der Waals surface area contributed by atoms with Gasteiger partial charge in [0.05, 0.1) is 5.52 Å². The second kappa shape index (κ2) is 3.38. The first kappa shape index (κ1) is 9.71. The highest BCUT2D eigenvalue weighted by Crippen LogP contribution is 2.15. The molecule has 4 heteroatoms. The highest BCUT2D eigenvalue weighted by atomic mass is 16.1. The Labute approximate surface area is 87.7 Å². The van der Waals surface area contributed by atoms with Crippen LogP contribution in [-0.2, 0) is 6.42 Å². The molecule has 2 N–H and O–H groups in total. The number of hydrogen-bond donors (Lipinski definition) is 1. The normalized spacial score (nSPS) is 10.8. The molecule has 0 aromatic carbocycles. The van der Waals surface area contributed by atoms with Crippen molar-refractivity contribution < 1.29 is 4.79 Å². The van der Waals surface area contributed by atoms with Crippen molar-refractivity contribution in [2.75, 3.05) is 0 Å². The van der Waals surface area contributed by atoms with E-state index in [-0.39, 0.29) is 0 Å². The summed E-state index contributed by atoms with van der Waals surface area (Å²) >= 11 is 0. The van der Waals surface area contributed by atoms with Crippen LogP contribution in [0.5, 0.6) is 0 Å². The Morgan fingerprint density at radius 1 is 1.53 bits per heavy atom. The third kappa shape index (κ3) is 1.38. The lowest BCUT2D eigenvalue weighted by molar-refractivity contribution is 0.0997. The maximum absolute atomic E-state index is 11.2. The van der Waals surface area contributed by atoms with E-state index in [1.54, 1.807) is 0 Å². The number of carbonyl (C=O) groups excluding carboxylic acids is 1. The summed E-state index contributed by atoms with van der Waals surface area (Å²) in [6.07, 6.45) is 0.777. The Morgan fingerprint density at radius 3 is 2.87 bits per heavy atom. The van der Waals surface area contributed by atoms with Crippen LogP contribution in [0.25, 0.3) is 5.52 Å². The van der Waals surface area contributed by atoms with Gasteiger partial charge >= 0.3 is 0 Å². The zero-order valence-corrected chi connectivity index (χ0v) is 8.82. The number of aryl methyl sites for hydroxylation is 2. The van der Waals surface area contributed by atoms with Gasteiger partial charge in [0.25, 0.3) is 5.91 Å². The summed E-state index contributed by atoms with van der Waals surface area (Å²) in [7, 11) is 0. The van der Waals surface area contributed by atoms with Gasteiger partial charge in [-0.25, -0.2) is 4.98 Å². The largest absolute Gasteiger partial charge is 0.364 e. The Bertz CT molecular complexity index is 528. The summed E-state index contributed by atoms with van der Waals surface area (Å²) in [5.74, 6) is 0.398. The number of nitrogens with zero attached hydrogens (tertiary/aromatic N) is 2. The fraction of sp³-hybridized carbons (Fsp3) is 0.273. The monoisotopic (exact) mass is 203 g/mol. The summed E-state index contributed by atoms with van der Waals surface area (Å²) in [5.41, 5.74) is 7.49. The van der Waals surface area contributed by atoms with Gasteiger partial charge in [-0.2, -0.15) is 0 Å². The number of pyridine rings is 1. The highest BCUT2D eigenvalue weighted by molar-refractivity contribution is 5.98. The number of nitrogens with two attached hydrogens (primary N) is 1. The number of primary amides is 1. The third-order valence-electron chi connectivity index (χ3n) is 2.48. The molecule has 2 heterocycles. The molecule has 78 valence electrons. The van der Waals surface area contributed by atoms with E-state index in [2.05, 4.69) is 4.98 Å². The van der Waals surface area contributed by atoms with E-state index in [1.807, 2.05) is 36.4 Å². The summed E-state index contributed by atoms with van der Waals surface area (Å²) < 4.78 is 1.97. The maximum atomic E-state index is 11.2. The van der Waals surface area contributed by atoms with Gasteiger partial charge in [0.1, 0.15) is 5.82 Å². The van der Waals surface area contributed by atoms with E-state index >= 15 is 0 Å². The smallest absolute Gasteiger partial charge is 0.269 e. The molecule has 2 aromatic rings. The van der Waals surface area contributed by atoms with Crippen molar-refractivity contribution in [3.8, 4) is 0 Å². The number of aromatic nitrogens is 2. The molecule has 0 saturated heterocycles. The molecule has 4 nitrogen and oxygen atoms in total. The third-order valence-corrected chi connectivity index (χ3v) is 2.48. The maximum Gasteiger partial charge on any atom is 0.269 e. The van der Waals surface area contributed by atoms with Gasteiger partial charge in [-0.3, -0.25) is 4.79 Å². The average Bonchev–Trinajstić information content (AvgIpc) is 2.58. The van der Waals surface area contributed by atoms with Crippen LogP contribution in [0.15, 0.2) is 18.2 Å². The second-order valence-corrected chi connectivity index (χ2v) is 3.48. The molecule has 0 aliphatic heterocycles. The van der Waals surface area contributed by atoms with Crippen molar-refractivity contribution in [3.63, 3.8) is 0 Å². The first-order valence-electron chi connectivity index (χ1n) is 4.92. The van der Waals surface area contributed by atoms with Crippen LogP contribution >= 0.6 is 0 Å². The minimum atomic E-state index is -0.474. The van der Waals surface area contributed by atoms with Gasteiger partial charge in [0.15, 0.2) is 5.69 Å². The van der Waals surface area contributed by atoms with Crippen molar-refractivity contribution >= 4 is 11.4 Å². The van der Waals surface area contributed by atoms with E-state index in [0.717, 1.165) is 23.5 Å². The summed E-state index contributed by atoms with van der Waals surface area (Å²) in [6, 6.07) is 5.75. The van der Waals surface area contributed by atoms with Gasteiger partial charge in [-0.1, -0.05) is 13.0 Å². The molecule has 2 aromatic heterocycles. The Kier molecular flexibility index (Phi) is 2.19. The van der Waals surface area contributed by atoms with Crippen molar-refractivity contribution in [3.05, 3.63) is 35.4 Å². The fourth-order valence-corrected chi connectivity index (χ4v) is 1.80. The summed E-state index contributed by atoms with van der Waals surface area (Å²) in [6.45, 7) is 3.99. The minimum absolute atomic E-state index is 0.357. The van der Waals surface area contributed by atoms with E-state index in [1.165, 1.54) is 0 Å². The van der Waals surface area contributed by atoms with Gasteiger partial charge < -0.3 is 10.1 Å². The van der Waals surface area contributed by atoms with Crippen molar-refractivity contribution in [2.45, 2.75) is 20.3 Å². The molecule has 0 aliphatic carbocycles. The number of amides is 1. The standard InChI is InChI=1S/C11H13N3O/c1-3-9-13-10(11(12)15)8-6-4-5-7(2)14(8)9/h4-6H,3H2,1-2H3,(H2,12,15). The predicted octanol–water partition coefficient (Wildman–Crippen LogP) is 1.30. The molecule has 0 fully saturated rings. The van der Waals surface area contributed by atoms with Crippen LogP contribution in [0.3, 0.4) is 0 Å². The van der Waals surface area contributed by atoms with Gasteiger partial charge in [-0.05, 0) is 19.1 Å². The van der Waals surface area contributed by atoms with E-state index < -0.39 is 5.91 Å². The molecule has 0 saturated carbocycles. The van der Waals surface area contributed by atoms with Gasteiger partial charge in [0, 0.05) is 12.1 Å². The van der Waals surface area contributed by atoms with E-state index in [4.69, 9.17) is 5.73 Å².